The monoisotopic (exact) mass is 448 g/mol. The standard InChI is InChI=1S/C17H13BrN4O2S2/c1-2-9-19-17-21(14(11-25-17)15-7-8-16(18)26-15)20-10-12-5-3-4-6-13(12)22(23)24/h2-8,10-11H,1,9H2/b19-17?,20-10+. The molecule has 132 valence electrons. The lowest BCUT2D eigenvalue weighted by atomic mass is 10.2. The third kappa shape index (κ3) is 4.06. The molecule has 3 aromatic rings. The first kappa shape index (κ1) is 18.4. The number of para-hydroxylation sites is 1. The first-order valence-electron chi connectivity index (χ1n) is 7.45. The van der Waals surface area contributed by atoms with Crippen LogP contribution in [0.3, 0.4) is 0 Å². The zero-order valence-electron chi connectivity index (χ0n) is 13.4. The van der Waals surface area contributed by atoms with Gasteiger partial charge in [0.05, 0.1) is 37.6 Å². The highest BCUT2D eigenvalue weighted by Crippen LogP contribution is 2.31. The zero-order valence-corrected chi connectivity index (χ0v) is 16.6. The van der Waals surface area contributed by atoms with Gasteiger partial charge in [-0.05, 0) is 34.1 Å². The van der Waals surface area contributed by atoms with Gasteiger partial charge >= 0.3 is 0 Å². The van der Waals surface area contributed by atoms with Crippen LogP contribution >= 0.6 is 38.6 Å². The molecule has 0 N–H and O–H groups in total. The van der Waals surface area contributed by atoms with E-state index < -0.39 is 4.92 Å². The summed E-state index contributed by atoms with van der Waals surface area (Å²) in [5, 5.41) is 17.6. The Bertz CT molecular complexity index is 1050. The number of thiophene rings is 1. The molecule has 0 amide bonds. The third-order valence-electron chi connectivity index (χ3n) is 3.31. The highest BCUT2D eigenvalue weighted by molar-refractivity contribution is 9.11. The first-order valence-corrected chi connectivity index (χ1v) is 9.94. The number of nitro groups is 1. The molecule has 0 spiro atoms. The molecule has 26 heavy (non-hydrogen) atoms. The van der Waals surface area contributed by atoms with Gasteiger partial charge in [-0.15, -0.1) is 29.3 Å². The van der Waals surface area contributed by atoms with E-state index in [0.29, 0.717) is 16.9 Å². The molecule has 1 aromatic carbocycles. The summed E-state index contributed by atoms with van der Waals surface area (Å²) in [6.45, 7) is 4.15. The molecule has 0 atom stereocenters. The highest BCUT2D eigenvalue weighted by atomic mass is 79.9. The second-order valence-electron chi connectivity index (χ2n) is 5.01. The zero-order chi connectivity index (χ0) is 18.5. The van der Waals surface area contributed by atoms with Crippen molar-refractivity contribution in [1.82, 2.24) is 4.68 Å². The van der Waals surface area contributed by atoms with Crippen molar-refractivity contribution in [2.24, 2.45) is 10.1 Å². The Balaban J connectivity index is 2.10. The summed E-state index contributed by atoms with van der Waals surface area (Å²) in [6.07, 6.45) is 3.20. The Morgan fingerprint density at radius 2 is 2.12 bits per heavy atom. The second-order valence-corrected chi connectivity index (χ2v) is 8.31. The van der Waals surface area contributed by atoms with Gasteiger partial charge in [-0.25, -0.2) is 4.68 Å². The van der Waals surface area contributed by atoms with Crippen molar-refractivity contribution in [3.05, 3.63) is 78.7 Å². The molecule has 0 aliphatic rings. The summed E-state index contributed by atoms with van der Waals surface area (Å²) < 4.78 is 2.71. The van der Waals surface area contributed by atoms with Crippen molar-refractivity contribution in [1.29, 1.82) is 0 Å². The van der Waals surface area contributed by atoms with Gasteiger partial charge in [-0.3, -0.25) is 15.1 Å². The molecule has 0 aliphatic heterocycles. The first-order chi connectivity index (χ1) is 12.6. The van der Waals surface area contributed by atoms with Crippen LogP contribution in [0.4, 0.5) is 5.69 Å². The molecule has 2 aromatic heterocycles. The number of rotatable bonds is 6. The predicted molar refractivity (Wildman–Crippen MR) is 110 cm³/mol. The summed E-state index contributed by atoms with van der Waals surface area (Å²) in [6, 6.07) is 10.5. The fraction of sp³-hybridized carbons (Fsp3) is 0.0588. The van der Waals surface area contributed by atoms with Gasteiger partial charge in [0, 0.05) is 11.4 Å². The van der Waals surface area contributed by atoms with Crippen LogP contribution < -0.4 is 4.80 Å². The van der Waals surface area contributed by atoms with Gasteiger partial charge < -0.3 is 0 Å². The number of nitrogens with zero attached hydrogens (tertiary/aromatic N) is 4. The fourth-order valence-corrected chi connectivity index (χ4v) is 4.47. The molecule has 9 heteroatoms. The van der Waals surface area contributed by atoms with Crippen LogP contribution in [0.1, 0.15) is 5.56 Å². The number of aromatic nitrogens is 1. The summed E-state index contributed by atoms with van der Waals surface area (Å²) in [5.41, 5.74) is 1.32. The van der Waals surface area contributed by atoms with E-state index in [-0.39, 0.29) is 5.69 Å². The third-order valence-corrected chi connectivity index (χ3v) is 5.81. The van der Waals surface area contributed by atoms with E-state index in [2.05, 4.69) is 32.6 Å². The number of benzene rings is 1. The normalized spacial score (nSPS) is 12.0. The van der Waals surface area contributed by atoms with Crippen LogP contribution in [-0.2, 0) is 0 Å². The SMILES string of the molecule is C=CCN=c1scc(-c2ccc(Br)s2)n1/N=C/c1ccccc1[N+](=O)[O-]. The average Bonchev–Trinajstić information content (AvgIpc) is 3.24. The molecule has 6 nitrogen and oxygen atoms in total. The van der Waals surface area contributed by atoms with Gasteiger partial charge in [-0.2, -0.15) is 5.10 Å². The fourth-order valence-electron chi connectivity index (χ4n) is 2.17. The van der Waals surface area contributed by atoms with Gasteiger partial charge in [0.25, 0.3) is 5.69 Å². The second kappa shape index (κ2) is 8.35. The molecule has 0 fully saturated rings. The molecule has 3 rings (SSSR count). The van der Waals surface area contributed by atoms with Gasteiger partial charge in [-0.1, -0.05) is 18.2 Å². The molecule has 0 bridgehead atoms. The van der Waals surface area contributed by atoms with Gasteiger partial charge in [0.15, 0.2) is 0 Å². The van der Waals surface area contributed by atoms with Crippen molar-refractivity contribution < 1.29 is 4.92 Å². The van der Waals surface area contributed by atoms with Crippen LogP contribution in [0.15, 0.2) is 68.3 Å². The Morgan fingerprint density at radius 1 is 1.31 bits per heavy atom. The number of thiazole rings is 1. The largest absolute Gasteiger partial charge is 0.278 e. The maximum atomic E-state index is 11.2. The van der Waals surface area contributed by atoms with Crippen molar-refractivity contribution in [3.8, 4) is 10.6 Å². The maximum absolute atomic E-state index is 11.2. The molecule has 0 radical (unpaired) electrons. The minimum Gasteiger partial charge on any atom is -0.258 e. The summed E-state index contributed by atoms with van der Waals surface area (Å²) in [5.74, 6) is 0. The number of nitro benzene ring substituents is 1. The highest BCUT2D eigenvalue weighted by Gasteiger charge is 2.12. The van der Waals surface area contributed by atoms with Gasteiger partial charge in [0.1, 0.15) is 0 Å². The maximum Gasteiger partial charge on any atom is 0.278 e. The van der Waals surface area contributed by atoms with E-state index in [1.807, 2.05) is 17.5 Å². The van der Waals surface area contributed by atoms with Crippen LogP contribution in [-0.4, -0.2) is 22.4 Å². The van der Waals surface area contributed by atoms with E-state index in [1.54, 1.807) is 40.3 Å². The van der Waals surface area contributed by atoms with Crippen LogP contribution in [0, 0.1) is 10.1 Å². The van der Waals surface area contributed by atoms with Crippen molar-refractivity contribution >= 4 is 50.5 Å². The van der Waals surface area contributed by atoms with Crippen LogP contribution in [0.2, 0.25) is 0 Å². The van der Waals surface area contributed by atoms with Crippen molar-refractivity contribution in [3.63, 3.8) is 0 Å². The van der Waals surface area contributed by atoms with Crippen LogP contribution in [0.5, 0.6) is 0 Å². The predicted octanol–water partition coefficient (Wildman–Crippen LogP) is 4.92. The average molecular weight is 449 g/mol. The minimum atomic E-state index is -0.417. The summed E-state index contributed by atoms with van der Waals surface area (Å²) in [4.78, 5) is 16.9. The van der Waals surface area contributed by atoms with E-state index >= 15 is 0 Å². The molecular formula is C17H13BrN4O2S2. The van der Waals surface area contributed by atoms with E-state index in [4.69, 9.17) is 0 Å². The molecule has 0 aliphatic carbocycles. The Hall–Kier alpha value is -2.36. The van der Waals surface area contributed by atoms with E-state index in [9.17, 15) is 10.1 Å². The Morgan fingerprint density at radius 3 is 2.81 bits per heavy atom. The number of hydrogen-bond acceptors (Lipinski definition) is 6. The lowest BCUT2D eigenvalue weighted by Gasteiger charge is -2.01. The van der Waals surface area contributed by atoms with E-state index in [1.165, 1.54) is 23.6 Å². The lowest BCUT2D eigenvalue weighted by molar-refractivity contribution is -0.385. The van der Waals surface area contributed by atoms with Crippen LogP contribution in [0.25, 0.3) is 10.6 Å². The molecular weight excluding hydrogens is 436 g/mol. The molecule has 2 heterocycles. The lowest BCUT2D eigenvalue weighted by Crippen LogP contribution is -2.12. The smallest absolute Gasteiger partial charge is 0.258 e. The molecule has 0 unspecified atom stereocenters. The summed E-state index contributed by atoms with van der Waals surface area (Å²) >= 11 is 6.51. The van der Waals surface area contributed by atoms with Gasteiger partial charge in [0.2, 0.25) is 4.80 Å². The van der Waals surface area contributed by atoms with Crippen molar-refractivity contribution in [2.45, 2.75) is 0 Å². The number of hydrogen-bond donors (Lipinski definition) is 0. The topological polar surface area (TPSA) is 72.8 Å². The molecule has 0 saturated heterocycles. The van der Waals surface area contributed by atoms with Crippen molar-refractivity contribution in [2.75, 3.05) is 6.54 Å². The minimum absolute atomic E-state index is 0.0112. The molecule has 0 saturated carbocycles. The quantitative estimate of drug-likeness (QED) is 0.232. The number of halogens is 1. The summed E-state index contributed by atoms with van der Waals surface area (Å²) in [7, 11) is 0. The Kier molecular flexibility index (Phi) is 5.92. The Labute approximate surface area is 165 Å². The van der Waals surface area contributed by atoms with E-state index in [0.717, 1.165) is 14.4 Å².